The Kier molecular flexibility index (Phi) is 9.73. The van der Waals surface area contributed by atoms with Crippen LogP contribution in [0.1, 0.15) is 12.0 Å². The molecule has 8 heteroatoms. The van der Waals surface area contributed by atoms with Crippen molar-refractivity contribution in [3.63, 3.8) is 0 Å². The van der Waals surface area contributed by atoms with Crippen molar-refractivity contribution in [3.05, 3.63) is 29.8 Å². The molecule has 0 aliphatic carbocycles. The van der Waals surface area contributed by atoms with Gasteiger partial charge < -0.3 is 29.3 Å². The number of amides is 1. The number of ether oxygens (including phenoxy) is 3. The average molecular weight is 407 g/mol. The Balaban J connectivity index is 1.97. The van der Waals surface area contributed by atoms with E-state index >= 15 is 0 Å². The molecule has 1 heterocycles. The SMILES string of the molecule is COCCOCC1CCN(C(=NCc2ccc(OC)cc2)NCC(=O)N(C)C)C1. The van der Waals surface area contributed by atoms with Crippen molar-refractivity contribution in [1.29, 1.82) is 0 Å². The lowest BCUT2D eigenvalue weighted by Crippen LogP contribution is -2.44. The lowest BCUT2D eigenvalue weighted by atomic mass is 10.1. The van der Waals surface area contributed by atoms with Crippen LogP contribution in [0.25, 0.3) is 0 Å². The Morgan fingerprint density at radius 1 is 1.24 bits per heavy atom. The fourth-order valence-corrected chi connectivity index (χ4v) is 3.03. The summed E-state index contributed by atoms with van der Waals surface area (Å²) in [6, 6.07) is 7.86. The van der Waals surface area contributed by atoms with Crippen LogP contribution in [0.4, 0.5) is 0 Å². The van der Waals surface area contributed by atoms with Crippen LogP contribution in [0, 0.1) is 5.92 Å². The van der Waals surface area contributed by atoms with Gasteiger partial charge in [-0.25, -0.2) is 4.99 Å². The third kappa shape index (κ3) is 7.91. The van der Waals surface area contributed by atoms with Gasteiger partial charge in [0.25, 0.3) is 0 Å². The third-order valence-corrected chi connectivity index (χ3v) is 4.84. The molecule has 1 unspecified atom stereocenters. The van der Waals surface area contributed by atoms with Crippen molar-refractivity contribution in [1.82, 2.24) is 15.1 Å². The highest BCUT2D eigenvalue weighted by Gasteiger charge is 2.25. The molecular formula is C21H34N4O4. The molecule has 0 aromatic heterocycles. The second-order valence-corrected chi connectivity index (χ2v) is 7.30. The van der Waals surface area contributed by atoms with E-state index in [0.29, 0.717) is 32.3 Å². The van der Waals surface area contributed by atoms with Gasteiger partial charge in [0.05, 0.1) is 40.0 Å². The van der Waals surface area contributed by atoms with Gasteiger partial charge >= 0.3 is 0 Å². The summed E-state index contributed by atoms with van der Waals surface area (Å²) in [5.74, 6) is 2.05. The molecule has 1 aliphatic rings. The van der Waals surface area contributed by atoms with Crippen LogP contribution in [-0.2, 0) is 20.8 Å². The average Bonchev–Trinajstić information content (AvgIpc) is 3.20. The quantitative estimate of drug-likeness (QED) is 0.358. The maximum absolute atomic E-state index is 12.0. The van der Waals surface area contributed by atoms with Gasteiger partial charge in [-0.2, -0.15) is 0 Å². The molecule has 8 nitrogen and oxygen atoms in total. The second-order valence-electron chi connectivity index (χ2n) is 7.30. The Morgan fingerprint density at radius 2 is 2.00 bits per heavy atom. The van der Waals surface area contributed by atoms with E-state index in [-0.39, 0.29) is 12.5 Å². The number of hydrogen-bond acceptors (Lipinski definition) is 5. The summed E-state index contributed by atoms with van der Waals surface area (Å²) in [5.41, 5.74) is 1.09. The topological polar surface area (TPSA) is 75.6 Å². The van der Waals surface area contributed by atoms with E-state index < -0.39 is 0 Å². The lowest BCUT2D eigenvalue weighted by Gasteiger charge is -2.23. The van der Waals surface area contributed by atoms with E-state index in [9.17, 15) is 4.79 Å². The van der Waals surface area contributed by atoms with Crippen LogP contribution < -0.4 is 10.1 Å². The number of methoxy groups -OCH3 is 2. The summed E-state index contributed by atoms with van der Waals surface area (Å²) in [6.45, 7) is 4.44. The van der Waals surface area contributed by atoms with E-state index in [2.05, 4.69) is 10.2 Å². The summed E-state index contributed by atoms with van der Waals surface area (Å²) >= 11 is 0. The number of carbonyl (C=O) groups excluding carboxylic acids is 1. The minimum absolute atomic E-state index is 0.0146. The summed E-state index contributed by atoms with van der Waals surface area (Å²) in [7, 11) is 6.83. The summed E-state index contributed by atoms with van der Waals surface area (Å²) in [5, 5.41) is 3.23. The minimum Gasteiger partial charge on any atom is -0.497 e. The van der Waals surface area contributed by atoms with Gasteiger partial charge in [0.1, 0.15) is 5.75 Å². The number of nitrogens with zero attached hydrogens (tertiary/aromatic N) is 3. The summed E-state index contributed by atoms with van der Waals surface area (Å²) in [4.78, 5) is 20.6. The van der Waals surface area contributed by atoms with Crippen LogP contribution in [0.15, 0.2) is 29.3 Å². The second kappa shape index (κ2) is 12.3. The van der Waals surface area contributed by atoms with Gasteiger partial charge in [-0.05, 0) is 24.1 Å². The molecule has 1 aliphatic heterocycles. The fraction of sp³-hybridized carbons (Fsp3) is 0.619. The molecule has 1 saturated heterocycles. The Morgan fingerprint density at radius 3 is 2.66 bits per heavy atom. The molecule has 1 atom stereocenters. The van der Waals surface area contributed by atoms with Crippen molar-refractivity contribution in [2.45, 2.75) is 13.0 Å². The van der Waals surface area contributed by atoms with Gasteiger partial charge in [-0.3, -0.25) is 4.79 Å². The smallest absolute Gasteiger partial charge is 0.241 e. The van der Waals surface area contributed by atoms with Gasteiger partial charge in [0.15, 0.2) is 5.96 Å². The molecule has 0 radical (unpaired) electrons. The van der Waals surface area contributed by atoms with Crippen molar-refractivity contribution in [2.24, 2.45) is 10.9 Å². The standard InChI is InChI=1S/C21H34N4O4/c1-24(2)20(26)14-23-21(22-13-17-5-7-19(28-4)8-6-17)25-10-9-18(15-25)16-29-12-11-27-3/h5-8,18H,9-16H2,1-4H3,(H,22,23). The van der Waals surface area contributed by atoms with E-state index in [1.165, 1.54) is 0 Å². The van der Waals surface area contributed by atoms with Gasteiger partial charge in [-0.1, -0.05) is 12.1 Å². The number of aliphatic imine (C=N–C) groups is 1. The molecule has 0 bridgehead atoms. The molecule has 29 heavy (non-hydrogen) atoms. The minimum atomic E-state index is 0.0146. The van der Waals surface area contributed by atoms with Crippen LogP contribution in [0.3, 0.4) is 0 Å². The largest absolute Gasteiger partial charge is 0.497 e. The molecule has 1 amide bonds. The van der Waals surface area contributed by atoms with Crippen molar-refractivity contribution in [2.75, 3.05) is 67.8 Å². The number of likely N-dealkylation sites (N-methyl/N-ethyl adjacent to an activating group) is 1. The zero-order chi connectivity index (χ0) is 21.1. The van der Waals surface area contributed by atoms with Crippen molar-refractivity contribution < 1.29 is 19.0 Å². The van der Waals surface area contributed by atoms with Crippen LogP contribution >= 0.6 is 0 Å². The number of guanidine groups is 1. The molecule has 2 rings (SSSR count). The molecule has 0 saturated carbocycles. The first-order chi connectivity index (χ1) is 14.0. The molecule has 1 N–H and O–H groups in total. The van der Waals surface area contributed by atoms with Crippen molar-refractivity contribution in [3.8, 4) is 5.75 Å². The van der Waals surface area contributed by atoms with Crippen LogP contribution in [0.5, 0.6) is 5.75 Å². The number of likely N-dealkylation sites (tertiary alicyclic amines) is 1. The first-order valence-electron chi connectivity index (χ1n) is 9.96. The number of carbonyl (C=O) groups is 1. The fourth-order valence-electron chi connectivity index (χ4n) is 3.03. The molecule has 1 aromatic rings. The van der Waals surface area contributed by atoms with E-state index in [1.54, 1.807) is 33.2 Å². The Bertz CT molecular complexity index is 649. The maximum Gasteiger partial charge on any atom is 0.241 e. The molecule has 162 valence electrons. The van der Waals surface area contributed by atoms with Crippen molar-refractivity contribution >= 4 is 11.9 Å². The van der Waals surface area contributed by atoms with Gasteiger partial charge in [-0.15, -0.1) is 0 Å². The number of hydrogen-bond donors (Lipinski definition) is 1. The van der Waals surface area contributed by atoms with E-state index in [1.807, 2.05) is 24.3 Å². The van der Waals surface area contributed by atoms with E-state index in [0.717, 1.165) is 36.8 Å². The predicted octanol–water partition coefficient (Wildman–Crippen LogP) is 1.21. The summed E-state index contributed by atoms with van der Waals surface area (Å²) in [6.07, 6.45) is 1.04. The maximum atomic E-state index is 12.0. The van der Waals surface area contributed by atoms with Gasteiger partial charge in [0.2, 0.25) is 5.91 Å². The molecular weight excluding hydrogens is 372 g/mol. The van der Waals surface area contributed by atoms with Crippen LogP contribution in [0.2, 0.25) is 0 Å². The number of nitrogens with one attached hydrogen (secondary N) is 1. The normalized spacial score (nSPS) is 16.8. The zero-order valence-electron chi connectivity index (χ0n) is 18.0. The highest BCUT2D eigenvalue weighted by Crippen LogP contribution is 2.17. The molecule has 1 fully saturated rings. The van der Waals surface area contributed by atoms with Crippen LogP contribution in [-0.4, -0.2) is 89.4 Å². The first-order valence-corrected chi connectivity index (χ1v) is 9.96. The molecule has 0 spiro atoms. The first kappa shape index (κ1) is 23.0. The number of benzene rings is 1. The zero-order valence-corrected chi connectivity index (χ0v) is 18.0. The van der Waals surface area contributed by atoms with E-state index in [4.69, 9.17) is 19.2 Å². The third-order valence-electron chi connectivity index (χ3n) is 4.84. The summed E-state index contributed by atoms with van der Waals surface area (Å²) < 4.78 is 15.9. The van der Waals surface area contributed by atoms with Gasteiger partial charge in [0, 0.05) is 40.2 Å². The predicted molar refractivity (Wildman–Crippen MR) is 113 cm³/mol. The Labute approximate surface area is 173 Å². The highest BCUT2D eigenvalue weighted by atomic mass is 16.5. The number of rotatable bonds is 10. The Hall–Kier alpha value is -2.32. The monoisotopic (exact) mass is 406 g/mol. The molecule has 1 aromatic carbocycles. The highest BCUT2D eigenvalue weighted by molar-refractivity contribution is 5.86. The lowest BCUT2D eigenvalue weighted by molar-refractivity contribution is -0.127.